The van der Waals surface area contributed by atoms with E-state index in [0.29, 0.717) is 17.6 Å². The Bertz CT molecular complexity index is 521. The first-order chi connectivity index (χ1) is 8.97. The van der Waals surface area contributed by atoms with Crippen LogP contribution >= 0.6 is 15.9 Å². The summed E-state index contributed by atoms with van der Waals surface area (Å²) in [6.45, 7) is 2.01. The summed E-state index contributed by atoms with van der Waals surface area (Å²) in [7, 11) is 0. The van der Waals surface area contributed by atoms with E-state index in [1.165, 1.54) is 0 Å². The topological polar surface area (TPSA) is 89.5 Å². The lowest BCUT2D eigenvalue weighted by molar-refractivity contribution is -0.385. The number of nitro groups is 1. The highest BCUT2D eigenvalue weighted by atomic mass is 79.9. The Hall–Kier alpha value is -1.47. The van der Waals surface area contributed by atoms with Crippen LogP contribution in [-0.2, 0) is 11.3 Å². The zero-order valence-electron chi connectivity index (χ0n) is 10.2. The van der Waals surface area contributed by atoms with Gasteiger partial charge in [-0.3, -0.25) is 19.8 Å². The van der Waals surface area contributed by atoms with Crippen LogP contribution in [0.2, 0.25) is 0 Å². The molecule has 0 aliphatic carbocycles. The molecule has 0 spiro atoms. The summed E-state index contributed by atoms with van der Waals surface area (Å²) < 4.78 is 0.470. The molecule has 0 radical (unpaired) electrons. The summed E-state index contributed by atoms with van der Waals surface area (Å²) in [5.41, 5.74) is 6.20. The summed E-state index contributed by atoms with van der Waals surface area (Å²) in [4.78, 5) is 23.6. The predicted molar refractivity (Wildman–Crippen MR) is 73.4 cm³/mol. The Labute approximate surface area is 118 Å². The van der Waals surface area contributed by atoms with Gasteiger partial charge in [0.1, 0.15) is 0 Å². The fourth-order valence-electron chi connectivity index (χ4n) is 2.26. The summed E-state index contributed by atoms with van der Waals surface area (Å²) in [5, 5.41) is 10.9. The minimum absolute atomic E-state index is 0.0585. The van der Waals surface area contributed by atoms with E-state index in [1.54, 1.807) is 12.1 Å². The Morgan fingerprint density at radius 1 is 1.58 bits per heavy atom. The number of nitrogens with zero attached hydrogens (tertiary/aromatic N) is 2. The summed E-state index contributed by atoms with van der Waals surface area (Å²) in [5.74, 6) is -0.380. The minimum atomic E-state index is -0.413. The van der Waals surface area contributed by atoms with Gasteiger partial charge >= 0.3 is 0 Å². The van der Waals surface area contributed by atoms with Crippen molar-refractivity contribution in [1.82, 2.24) is 4.90 Å². The first kappa shape index (κ1) is 14.0. The van der Waals surface area contributed by atoms with Gasteiger partial charge in [0.2, 0.25) is 5.91 Å². The molecule has 0 aromatic heterocycles. The highest BCUT2D eigenvalue weighted by Gasteiger charge is 2.26. The molecule has 2 rings (SSSR count). The Balaban J connectivity index is 2.06. The number of hydrogen-bond donors (Lipinski definition) is 1. The molecule has 1 aliphatic rings. The smallest absolute Gasteiger partial charge is 0.283 e. The van der Waals surface area contributed by atoms with Gasteiger partial charge in [0.05, 0.1) is 15.3 Å². The quantitative estimate of drug-likeness (QED) is 0.672. The van der Waals surface area contributed by atoms with E-state index < -0.39 is 4.92 Å². The van der Waals surface area contributed by atoms with Crippen LogP contribution in [0.5, 0.6) is 0 Å². The maximum atomic E-state index is 11.1. The van der Waals surface area contributed by atoms with Crippen LogP contribution in [0.1, 0.15) is 12.0 Å². The summed E-state index contributed by atoms with van der Waals surface area (Å²) in [6.07, 6.45) is 0.758. The van der Waals surface area contributed by atoms with E-state index in [2.05, 4.69) is 20.8 Å². The molecule has 1 heterocycles. The zero-order chi connectivity index (χ0) is 14.0. The van der Waals surface area contributed by atoms with Crippen molar-refractivity contribution in [2.45, 2.75) is 13.0 Å². The van der Waals surface area contributed by atoms with Gasteiger partial charge in [0.15, 0.2) is 0 Å². The average molecular weight is 328 g/mol. The maximum absolute atomic E-state index is 11.1. The van der Waals surface area contributed by atoms with Gasteiger partial charge in [-0.1, -0.05) is 6.07 Å². The summed E-state index contributed by atoms with van der Waals surface area (Å²) >= 11 is 3.16. The highest BCUT2D eigenvalue weighted by molar-refractivity contribution is 9.10. The number of halogens is 1. The van der Waals surface area contributed by atoms with E-state index in [-0.39, 0.29) is 17.5 Å². The van der Waals surface area contributed by atoms with Gasteiger partial charge in [-0.2, -0.15) is 0 Å². The number of nitro benzene ring substituents is 1. The SMILES string of the molecule is NC(=O)C1CCN(Cc2ccc(Br)c([N+](=O)[O-])c2)C1. The standard InChI is InChI=1S/C12H14BrN3O3/c13-10-2-1-8(5-11(10)16(18)19)6-15-4-3-9(7-15)12(14)17/h1-2,5,9H,3-4,6-7H2,(H2,14,17). The van der Waals surface area contributed by atoms with Crippen molar-refractivity contribution < 1.29 is 9.72 Å². The number of rotatable bonds is 4. The molecule has 1 aromatic rings. The molecular formula is C12H14BrN3O3. The van der Waals surface area contributed by atoms with E-state index in [9.17, 15) is 14.9 Å². The van der Waals surface area contributed by atoms with Crippen molar-refractivity contribution in [3.8, 4) is 0 Å². The Kier molecular flexibility index (Phi) is 4.16. The lowest BCUT2D eigenvalue weighted by Gasteiger charge is -2.15. The van der Waals surface area contributed by atoms with Crippen LogP contribution in [0.25, 0.3) is 0 Å². The van der Waals surface area contributed by atoms with Crippen LogP contribution in [0, 0.1) is 16.0 Å². The number of carbonyl (C=O) groups excluding carboxylic acids is 1. The predicted octanol–water partition coefficient (Wildman–Crippen LogP) is 1.66. The fourth-order valence-corrected chi connectivity index (χ4v) is 2.65. The Morgan fingerprint density at radius 3 is 2.89 bits per heavy atom. The minimum Gasteiger partial charge on any atom is -0.369 e. The van der Waals surface area contributed by atoms with Crippen molar-refractivity contribution in [3.63, 3.8) is 0 Å². The monoisotopic (exact) mass is 327 g/mol. The van der Waals surface area contributed by atoms with Gasteiger partial charge in [-0.15, -0.1) is 0 Å². The van der Waals surface area contributed by atoms with Crippen LogP contribution < -0.4 is 5.73 Å². The van der Waals surface area contributed by atoms with Crippen molar-refractivity contribution in [3.05, 3.63) is 38.3 Å². The largest absolute Gasteiger partial charge is 0.369 e. The number of benzene rings is 1. The van der Waals surface area contributed by atoms with E-state index in [1.807, 2.05) is 6.07 Å². The van der Waals surface area contributed by atoms with Crippen molar-refractivity contribution in [1.29, 1.82) is 0 Å². The van der Waals surface area contributed by atoms with Crippen LogP contribution in [0.15, 0.2) is 22.7 Å². The molecule has 19 heavy (non-hydrogen) atoms. The molecule has 1 atom stereocenters. The molecule has 0 saturated carbocycles. The molecule has 2 N–H and O–H groups in total. The average Bonchev–Trinajstić information content (AvgIpc) is 2.80. The molecule has 0 bridgehead atoms. The van der Waals surface area contributed by atoms with Crippen LogP contribution in [0.3, 0.4) is 0 Å². The van der Waals surface area contributed by atoms with Crippen LogP contribution in [0.4, 0.5) is 5.69 Å². The molecule has 1 amide bonds. The molecule has 1 saturated heterocycles. The third kappa shape index (κ3) is 3.30. The first-order valence-electron chi connectivity index (χ1n) is 5.92. The number of hydrogen-bond acceptors (Lipinski definition) is 4. The lowest BCUT2D eigenvalue weighted by atomic mass is 10.1. The van der Waals surface area contributed by atoms with E-state index >= 15 is 0 Å². The molecular weight excluding hydrogens is 314 g/mol. The molecule has 1 fully saturated rings. The molecule has 1 aliphatic heterocycles. The van der Waals surface area contributed by atoms with Gasteiger partial charge in [0, 0.05) is 19.2 Å². The number of carbonyl (C=O) groups is 1. The Morgan fingerprint density at radius 2 is 2.32 bits per heavy atom. The van der Waals surface area contributed by atoms with Gasteiger partial charge in [0.25, 0.3) is 5.69 Å². The van der Waals surface area contributed by atoms with Crippen molar-refractivity contribution in [2.75, 3.05) is 13.1 Å². The number of likely N-dealkylation sites (tertiary alicyclic amines) is 1. The van der Waals surface area contributed by atoms with Gasteiger partial charge in [-0.25, -0.2) is 0 Å². The lowest BCUT2D eigenvalue weighted by Crippen LogP contribution is -2.27. The zero-order valence-corrected chi connectivity index (χ0v) is 11.8. The fraction of sp³-hybridized carbons (Fsp3) is 0.417. The van der Waals surface area contributed by atoms with Crippen molar-refractivity contribution in [2.24, 2.45) is 11.7 Å². The van der Waals surface area contributed by atoms with E-state index in [0.717, 1.165) is 18.5 Å². The van der Waals surface area contributed by atoms with Gasteiger partial charge < -0.3 is 5.73 Å². The maximum Gasteiger partial charge on any atom is 0.283 e. The second-order valence-electron chi connectivity index (χ2n) is 4.67. The van der Waals surface area contributed by atoms with Crippen molar-refractivity contribution >= 4 is 27.5 Å². The second-order valence-corrected chi connectivity index (χ2v) is 5.52. The van der Waals surface area contributed by atoms with Crippen LogP contribution in [-0.4, -0.2) is 28.8 Å². The van der Waals surface area contributed by atoms with Gasteiger partial charge in [-0.05, 0) is 40.5 Å². The molecule has 1 aromatic carbocycles. The third-order valence-corrected chi connectivity index (χ3v) is 3.96. The summed E-state index contributed by atoms with van der Waals surface area (Å²) in [6, 6.07) is 5.07. The molecule has 1 unspecified atom stereocenters. The number of amides is 1. The second kappa shape index (κ2) is 5.66. The first-order valence-corrected chi connectivity index (χ1v) is 6.71. The third-order valence-electron chi connectivity index (χ3n) is 3.29. The number of nitrogens with two attached hydrogens (primary N) is 1. The molecule has 6 nitrogen and oxygen atoms in total. The molecule has 102 valence electrons. The highest BCUT2D eigenvalue weighted by Crippen LogP contribution is 2.27. The number of primary amides is 1. The molecule has 7 heteroatoms. The van der Waals surface area contributed by atoms with E-state index in [4.69, 9.17) is 5.73 Å². The normalized spacial score (nSPS) is 19.5.